The highest BCUT2D eigenvalue weighted by Gasteiger charge is 2.04. The Morgan fingerprint density at radius 2 is 1.70 bits per heavy atom. The summed E-state index contributed by atoms with van der Waals surface area (Å²) in [6.07, 6.45) is 1.54. The number of para-hydroxylation sites is 2. The van der Waals surface area contributed by atoms with E-state index in [0.29, 0.717) is 11.6 Å². The lowest BCUT2D eigenvalue weighted by atomic mass is 10.2. The summed E-state index contributed by atoms with van der Waals surface area (Å²) in [7, 11) is 0. The van der Waals surface area contributed by atoms with E-state index < -0.39 is 5.97 Å². The van der Waals surface area contributed by atoms with Gasteiger partial charge in [0.1, 0.15) is 5.75 Å². The van der Waals surface area contributed by atoms with Gasteiger partial charge in [0, 0.05) is 0 Å². The van der Waals surface area contributed by atoms with Crippen LogP contribution < -0.4 is 4.74 Å². The predicted octanol–water partition coefficient (Wildman–Crippen LogP) is 3.12. The summed E-state index contributed by atoms with van der Waals surface area (Å²) < 4.78 is 5.55. The Balaban J connectivity index is 1.87. The third kappa shape index (κ3) is 2.42. The molecule has 2 aromatic carbocycles. The third-order valence-electron chi connectivity index (χ3n) is 2.75. The van der Waals surface area contributed by atoms with Gasteiger partial charge in [0.05, 0.1) is 22.8 Å². The number of benzene rings is 2. The first kappa shape index (κ1) is 12.1. The van der Waals surface area contributed by atoms with E-state index in [1.165, 1.54) is 18.3 Å². The molecular weight excluding hydrogens is 256 g/mol. The van der Waals surface area contributed by atoms with E-state index >= 15 is 0 Å². The molecule has 0 saturated carbocycles. The zero-order valence-corrected chi connectivity index (χ0v) is 10.4. The molecule has 0 saturated heterocycles. The number of rotatable bonds is 3. The van der Waals surface area contributed by atoms with E-state index in [9.17, 15) is 4.79 Å². The number of aromatic carboxylic acids is 1. The van der Waals surface area contributed by atoms with Gasteiger partial charge in [-0.05, 0) is 36.4 Å². The van der Waals surface area contributed by atoms with Crippen LogP contribution in [-0.4, -0.2) is 21.0 Å². The number of nitrogens with zero attached hydrogens (tertiary/aromatic N) is 2. The molecule has 3 rings (SSSR count). The van der Waals surface area contributed by atoms with Gasteiger partial charge in [-0.2, -0.15) is 0 Å². The fourth-order valence-electron chi connectivity index (χ4n) is 1.78. The second-order valence-corrected chi connectivity index (χ2v) is 4.13. The standard InChI is InChI=1S/C15H10N2O3/c18-15(19)10-5-7-11(8-6-10)20-14-9-16-12-3-1-2-4-13(12)17-14/h1-9H,(H,18,19). The van der Waals surface area contributed by atoms with Crippen LogP contribution in [0.3, 0.4) is 0 Å². The summed E-state index contributed by atoms with van der Waals surface area (Å²) in [4.78, 5) is 19.3. The maximum absolute atomic E-state index is 10.8. The first-order valence-corrected chi connectivity index (χ1v) is 5.95. The van der Waals surface area contributed by atoms with Crippen molar-refractivity contribution in [3.63, 3.8) is 0 Å². The Hall–Kier alpha value is -2.95. The lowest BCUT2D eigenvalue weighted by Gasteiger charge is -2.05. The topological polar surface area (TPSA) is 72.3 Å². The Labute approximate surface area is 114 Å². The van der Waals surface area contributed by atoms with Gasteiger partial charge in [0.25, 0.3) is 0 Å². The number of carboxylic acids is 1. The molecule has 1 heterocycles. The zero-order chi connectivity index (χ0) is 13.9. The second kappa shape index (κ2) is 4.97. The largest absolute Gasteiger partial charge is 0.478 e. The summed E-state index contributed by atoms with van der Waals surface area (Å²) in [5, 5.41) is 8.82. The summed E-state index contributed by atoms with van der Waals surface area (Å²) in [6, 6.07) is 13.6. The third-order valence-corrected chi connectivity index (χ3v) is 2.75. The lowest BCUT2D eigenvalue weighted by molar-refractivity contribution is 0.0697. The fraction of sp³-hybridized carbons (Fsp3) is 0. The van der Waals surface area contributed by atoms with Gasteiger partial charge in [-0.1, -0.05) is 12.1 Å². The Morgan fingerprint density at radius 1 is 1.00 bits per heavy atom. The van der Waals surface area contributed by atoms with Gasteiger partial charge < -0.3 is 9.84 Å². The van der Waals surface area contributed by atoms with Crippen molar-refractivity contribution in [1.29, 1.82) is 0 Å². The quantitative estimate of drug-likeness (QED) is 0.788. The van der Waals surface area contributed by atoms with Gasteiger partial charge in [-0.25, -0.2) is 14.8 Å². The number of aromatic nitrogens is 2. The minimum Gasteiger partial charge on any atom is -0.478 e. The van der Waals surface area contributed by atoms with Gasteiger partial charge >= 0.3 is 5.97 Å². The van der Waals surface area contributed by atoms with Crippen molar-refractivity contribution in [1.82, 2.24) is 9.97 Å². The van der Waals surface area contributed by atoms with Crippen molar-refractivity contribution in [2.24, 2.45) is 0 Å². The van der Waals surface area contributed by atoms with Crippen molar-refractivity contribution in [2.45, 2.75) is 0 Å². The molecule has 98 valence electrons. The number of hydrogen-bond acceptors (Lipinski definition) is 4. The molecule has 0 fully saturated rings. The normalized spacial score (nSPS) is 10.4. The maximum Gasteiger partial charge on any atom is 0.335 e. The van der Waals surface area contributed by atoms with Crippen molar-refractivity contribution in [2.75, 3.05) is 0 Å². The molecule has 0 atom stereocenters. The van der Waals surface area contributed by atoms with Gasteiger partial charge in [0.2, 0.25) is 5.88 Å². The molecule has 0 spiro atoms. The molecular formula is C15H10N2O3. The summed E-state index contributed by atoms with van der Waals surface area (Å²) in [6.45, 7) is 0. The Kier molecular flexibility index (Phi) is 3.01. The molecule has 1 aromatic heterocycles. The van der Waals surface area contributed by atoms with E-state index in [0.717, 1.165) is 11.0 Å². The van der Waals surface area contributed by atoms with E-state index in [4.69, 9.17) is 9.84 Å². The summed E-state index contributed by atoms with van der Waals surface area (Å²) in [5.41, 5.74) is 1.75. The van der Waals surface area contributed by atoms with Gasteiger partial charge in [-0.15, -0.1) is 0 Å². The average Bonchev–Trinajstić information content (AvgIpc) is 2.48. The van der Waals surface area contributed by atoms with Crippen molar-refractivity contribution < 1.29 is 14.6 Å². The molecule has 0 bridgehead atoms. The first-order chi connectivity index (χ1) is 9.72. The van der Waals surface area contributed by atoms with Crippen LogP contribution in [0.2, 0.25) is 0 Å². The number of ether oxygens (including phenoxy) is 1. The highest BCUT2D eigenvalue weighted by atomic mass is 16.5. The number of hydrogen-bond donors (Lipinski definition) is 1. The van der Waals surface area contributed by atoms with Crippen LogP contribution in [-0.2, 0) is 0 Å². The lowest BCUT2D eigenvalue weighted by Crippen LogP contribution is -1.96. The molecule has 0 radical (unpaired) electrons. The number of carboxylic acid groups (broad SMARTS) is 1. The van der Waals surface area contributed by atoms with E-state index in [-0.39, 0.29) is 5.56 Å². The number of carbonyl (C=O) groups is 1. The highest BCUT2D eigenvalue weighted by molar-refractivity contribution is 5.87. The molecule has 3 aromatic rings. The van der Waals surface area contributed by atoms with Gasteiger partial charge in [-0.3, -0.25) is 0 Å². The van der Waals surface area contributed by atoms with Crippen LogP contribution in [0.15, 0.2) is 54.7 Å². The monoisotopic (exact) mass is 266 g/mol. The van der Waals surface area contributed by atoms with Crippen LogP contribution in [0.5, 0.6) is 11.6 Å². The molecule has 1 N–H and O–H groups in total. The van der Waals surface area contributed by atoms with E-state index in [2.05, 4.69) is 9.97 Å². The maximum atomic E-state index is 10.8. The molecule has 0 aliphatic carbocycles. The molecule has 0 unspecified atom stereocenters. The molecule has 20 heavy (non-hydrogen) atoms. The van der Waals surface area contributed by atoms with Gasteiger partial charge in [0.15, 0.2) is 0 Å². The predicted molar refractivity (Wildman–Crippen MR) is 73.0 cm³/mol. The minimum atomic E-state index is -0.970. The smallest absolute Gasteiger partial charge is 0.335 e. The van der Waals surface area contributed by atoms with Crippen molar-refractivity contribution in [3.8, 4) is 11.6 Å². The average molecular weight is 266 g/mol. The van der Waals surface area contributed by atoms with Crippen molar-refractivity contribution in [3.05, 3.63) is 60.3 Å². The van der Waals surface area contributed by atoms with E-state index in [1.54, 1.807) is 12.1 Å². The van der Waals surface area contributed by atoms with Crippen LogP contribution in [0.25, 0.3) is 11.0 Å². The Bertz CT molecular complexity index is 769. The van der Waals surface area contributed by atoms with Crippen LogP contribution in [0.1, 0.15) is 10.4 Å². The highest BCUT2D eigenvalue weighted by Crippen LogP contribution is 2.21. The molecule has 5 nitrogen and oxygen atoms in total. The fourth-order valence-corrected chi connectivity index (χ4v) is 1.78. The number of fused-ring (bicyclic) bond motifs is 1. The zero-order valence-electron chi connectivity index (χ0n) is 10.4. The second-order valence-electron chi connectivity index (χ2n) is 4.13. The van der Waals surface area contributed by atoms with Crippen LogP contribution in [0, 0.1) is 0 Å². The SMILES string of the molecule is O=C(O)c1ccc(Oc2cnc3ccccc3n2)cc1. The van der Waals surface area contributed by atoms with Crippen molar-refractivity contribution >= 4 is 17.0 Å². The summed E-state index contributed by atoms with van der Waals surface area (Å²) >= 11 is 0. The molecule has 5 heteroatoms. The van der Waals surface area contributed by atoms with Crippen LogP contribution in [0.4, 0.5) is 0 Å². The minimum absolute atomic E-state index is 0.210. The summed E-state index contributed by atoms with van der Waals surface area (Å²) in [5.74, 6) is -0.0894. The van der Waals surface area contributed by atoms with E-state index in [1.807, 2.05) is 24.3 Å². The molecule has 0 amide bonds. The molecule has 0 aliphatic rings. The molecule has 0 aliphatic heterocycles. The first-order valence-electron chi connectivity index (χ1n) is 5.95. The van der Waals surface area contributed by atoms with Crippen LogP contribution >= 0.6 is 0 Å². The Morgan fingerprint density at radius 3 is 2.40 bits per heavy atom.